The van der Waals surface area contributed by atoms with Crippen LogP contribution in [0.5, 0.6) is 5.75 Å². The zero-order valence-corrected chi connectivity index (χ0v) is 10.8. The predicted molar refractivity (Wildman–Crippen MR) is 68.9 cm³/mol. The van der Waals surface area contributed by atoms with Gasteiger partial charge < -0.3 is 14.8 Å². The van der Waals surface area contributed by atoms with Crippen molar-refractivity contribution in [3.05, 3.63) is 29.8 Å². The first-order valence-corrected chi connectivity index (χ1v) is 6.28. The van der Waals surface area contributed by atoms with Gasteiger partial charge in [0.25, 0.3) is 0 Å². The SMILES string of the molecule is COC(=O)CCNC(=O)C1CCOc2ccccc21. The first-order chi connectivity index (χ1) is 9.22. The molecule has 0 saturated heterocycles. The largest absolute Gasteiger partial charge is 0.493 e. The van der Waals surface area contributed by atoms with Gasteiger partial charge >= 0.3 is 5.97 Å². The van der Waals surface area contributed by atoms with E-state index in [-0.39, 0.29) is 24.2 Å². The Balaban J connectivity index is 1.95. The normalized spacial score (nSPS) is 17.0. The van der Waals surface area contributed by atoms with Crippen LogP contribution in [0.25, 0.3) is 0 Å². The standard InChI is InChI=1S/C14H17NO4/c1-18-13(16)6-8-15-14(17)11-7-9-19-12-5-3-2-4-10(11)12/h2-5,11H,6-9H2,1H3,(H,15,17). The van der Waals surface area contributed by atoms with Crippen LogP contribution in [0.4, 0.5) is 0 Å². The van der Waals surface area contributed by atoms with E-state index >= 15 is 0 Å². The minimum Gasteiger partial charge on any atom is -0.493 e. The monoisotopic (exact) mass is 263 g/mol. The van der Waals surface area contributed by atoms with Gasteiger partial charge in [0.15, 0.2) is 0 Å². The zero-order valence-electron chi connectivity index (χ0n) is 10.8. The Kier molecular flexibility index (Phi) is 4.39. The average molecular weight is 263 g/mol. The van der Waals surface area contributed by atoms with Crippen LogP contribution < -0.4 is 10.1 Å². The minimum atomic E-state index is -0.326. The van der Waals surface area contributed by atoms with Crippen LogP contribution in [0.2, 0.25) is 0 Å². The Hall–Kier alpha value is -2.04. The summed E-state index contributed by atoms with van der Waals surface area (Å²) in [7, 11) is 1.33. The van der Waals surface area contributed by atoms with Crippen LogP contribution in [0.15, 0.2) is 24.3 Å². The summed E-state index contributed by atoms with van der Waals surface area (Å²) in [6.45, 7) is 0.830. The van der Waals surface area contributed by atoms with E-state index in [0.717, 1.165) is 11.3 Å². The second-order valence-electron chi connectivity index (χ2n) is 4.34. The van der Waals surface area contributed by atoms with Crippen molar-refractivity contribution in [1.82, 2.24) is 5.32 Å². The van der Waals surface area contributed by atoms with Crippen LogP contribution in [-0.4, -0.2) is 32.1 Å². The number of rotatable bonds is 4. The summed E-state index contributed by atoms with van der Waals surface area (Å²) in [6, 6.07) is 7.54. The number of fused-ring (bicyclic) bond motifs is 1. The number of nitrogens with one attached hydrogen (secondary N) is 1. The summed E-state index contributed by atoms with van der Waals surface area (Å²) in [5.41, 5.74) is 0.907. The number of esters is 1. The maximum absolute atomic E-state index is 12.1. The maximum Gasteiger partial charge on any atom is 0.307 e. The number of ether oxygens (including phenoxy) is 2. The van der Waals surface area contributed by atoms with Crippen LogP contribution in [0.3, 0.4) is 0 Å². The third-order valence-corrected chi connectivity index (χ3v) is 3.13. The first-order valence-electron chi connectivity index (χ1n) is 6.28. The maximum atomic E-state index is 12.1. The number of benzene rings is 1. The molecule has 0 aromatic heterocycles. The van der Waals surface area contributed by atoms with Crippen molar-refractivity contribution >= 4 is 11.9 Å². The van der Waals surface area contributed by atoms with Gasteiger partial charge in [-0.05, 0) is 12.5 Å². The zero-order chi connectivity index (χ0) is 13.7. The van der Waals surface area contributed by atoms with Gasteiger partial charge in [0.2, 0.25) is 5.91 Å². The first kappa shape index (κ1) is 13.4. The molecule has 1 atom stereocenters. The number of amides is 1. The molecular formula is C14H17NO4. The fraction of sp³-hybridized carbons (Fsp3) is 0.429. The molecule has 1 amide bonds. The third-order valence-electron chi connectivity index (χ3n) is 3.13. The predicted octanol–water partition coefficient (Wildman–Crippen LogP) is 1.23. The molecule has 1 unspecified atom stereocenters. The van der Waals surface area contributed by atoms with E-state index in [1.54, 1.807) is 0 Å². The molecule has 1 heterocycles. The lowest BCUT2D eigenvalue weighted by atomic mass is 9.92. The number of hydrogen-bond acceptors (Lipinski definition) is 4. The van der Waals surface area contributed by atoms with Crippen molar-refractivity contribution in [2.75, 3.05) is 20.3 Å². The summed E-state index contributed by atoms with van der Waals surface area (Å²) in [6.07, 6.45) is 0.841. The van der Waals surface area contributed by atoms with Gasteiger partial charge in [0.1, 0.15) is 5.75 Å². The molecule has 1 aromatic carbocycles. The molecule has 0 bridgehead atoms. The van der Waals surface area contributed by atoms with Gasteiger partial charge in [-0.2, -0.15) is 0 Å². The van der Waals surface area contributed by atoms with Crippen LogP contribution in [0.1, 0.15) is 24.3 Å². The highest BCUT2D eigenvalue weighted by molar-refractivity contribution is 5.85. The van der Waals surface area contributed by atoms with E-state index in [0.29, 0.717) is 19.6 Å². The van der Waals surface area contributed by atoms with Gasteiger partial charge in [-0.25, -0.2) is 0 Å². The van der Waals surface area contributed by atoms with E-state index in [1.165, 1.54) is 7.11 Å². The molecule has 2 rings (SSSR count). The van der Waals surface area contributed by atoms with Crippen LogP contribution >= 0.6 is 0 Å². The number of methoxy groups -OCH3 is 1. The molecule has 102 valence electrons. The summed E-state index contributed by atoms with van der Waals surface area (Å²) in [5.74, 6) is 0.164. The number of hydrogen-bond donors (Lipinski definition) is 1. The van der Waals surface area contributed by atoms with Crippen LogP contribution in [0, 0.1) is 0 Å². The molecule has 0 fully saturated rings. The van der Waals surface area contributed by atoms with E-state index in [9.17, 15) is 9.59 Å². The van der Waals surface area contributed by atoms with Crippen molar-refractivity contribution in [2.24, 2.45) is 0 Å². The molecule has 0 radical (unpaired) electrons. The molecule has 1 aliphatic heterocycles. The van der Waals surface area contributed by atoms with Gasteiger partial charge in [-0.15, -0.1) is 0 Å². The van der Waals surface area contributed by atoms with Gasteiger partial charge in [0, 0.05) is 12.1 Å². The minimum absolute atomic E-state index is 0.0698. The van der Waals surface area contributed by atoms with E-state index in [1.807, 2.05) is 24.3 Å². The molecule has 5 nitrogen and oxygen atoms in total. The Morgan fingerprint density at radius 2 is 2.21 bits per heavy atom. The third kappa shape index (κ3) is 3.24. The summed E-state index contributed by atoms with van der Waals surface area (Å²) < 4.78 is 10.0. The lowest BCUT2D eigenvalue weighted by molar-refractivity contribution is -0.140. The van der Waals surface area contributed by atoms with Gasteiger partial charge in [-0.1, -0.05) is 18.2 Å². The van der Waals surface area contributed by atoms with Crippen molar-refractivity contribution in [3.8, 4) is 5.75 Å². The highest BCUT2D eigenvalue weighted by Crippen LogP contribution is 2.33. The Bertz CT molecular complexity index is 472. The smallest absolute Gasteiger partial charge is 0.307 e. The fourth-order valence-electron chi connectivity index (χ4n) is 2.13. The van der Waals surface area contributed by atoms with Gasteiger partial charge in [-0.3, -0.25) is 9.59 Å². The van der Waals surface area contributed by atoms with Crippen molar-refractivity contribution < 1.29 is 19.1 Å². The Labute approximate surface area is 111 Å². The summed E-state index contributed by atoms with van der Waals surface area (Å²) >= 11 is 0. The summed E-state index contributed by atoms with van der Waals surface area (Å²) in [4.78, 5) is 23.1. The topological polar surface area (TPSA) is 64.6 Å². The molecule has 0 aliphatic carbocycles. The van der Waals surface area contributed by atoms with Crippen molar-refractivity contribution in [1.29, 1.82) is 0 Å². The van der Waals surface area contributed by atoms with Crippen LogP contribution in [-0.2, 0) is 14.3 Å². The Morgan fingerprint density at radius 1 is 1.42 bits per heavy atom. The lowest BCUT2D eigenvalue weighted by Gasteiger charge is -2.24. The number of carbonyl (C=O) groups is 2. The second-order valence-corrected chi connectivity index (χ2v) is 4.34. The average Bonchev–Trinajstić information content (AvgIpc) is 2.46. The van der Waals surface area contributed by atoms with Crippen molar-refractivity contribution in [3.63, 3.8) is 0 Å². The van der Waals surface area contributed by atoms with Crippen molar-refractivity contribution in [2.45, 2.75) is 18.8 Å². The molecular weight excluding hydrogens is 246 g/mol. The van der Waals surface area contributed by atoms with E-state index < -0.39 is 0 Å². The Morgan fingerprint density at radius 3 is 3.00 bits per heavy atom. The molecule has 0 saturated carbocycles. The molecule has 1 aromatic rings. The molecule has 1 N–H and O–H groups in total. The molecule has 19 heavy (non-hydrogen) atoms. The molecule has 5 heteroatoms. The quantitative estimate of drug-likeness (QED) is 0.830. The summed E-state index contributed by atoms with van der Waals surface area (Å²) in [5, 5.41) is 2.76. The number of carbonyl (C=O) groups excluding carboxylic acids is 2. The van der Waals surface area contributed by atoms with E-state index in [4.69, 9.17) is 4.74 Å². The highest BCUT2D eigenvalue weighted by atomic mass is 16.5. The molecule has 0 spiro atoms. The second kappa shape index (κ2) is 6.22. The molecule has 1 aliphatic rings. The van der Waals surface area contributed by atoms with Gasteiger partial charge in [0.05, 0.1) is 26.1 Å². The highest BCUT2D eigenvalue weighted by Gasteiger charge is 2.27. The number of para-hydroxylation sites is 1. The van der Waals surface area contributed by atoms with E-state index in [2.05, 4.69) is 10.1 Å². The fourth-order valence-corrected chi connectivity index (χ4v) is 2.13. The lowest BCUT2D eigenvalue weighted by Crippen LogP contribution is -2.33.